The van der Waals surface area contributed by atoms with Gasteiger partial charge >= 0.3 is 0 Å². The number of hydrogen-bond donors (Lipinski definition) is 0. The van der Waals surface area contributed by atoms with Crippen molar-refractivity contribution in [2.75, 3.05) is 7.05 Å². The van der Waals surface area contributed by atoms with Gasteiger partial charge in [0.25, 0.3) is 0 Å². The fourth-order valence-electron chi connectivity index (χ4n) is 8.20. The summed E-state index contributed by atoms with van der Waals surface area (Å²) in [5.74, 6) is 3.54. The molecule has 29 heavy (non-hydrogen) atoms. The standard InChI is InChI=1S/C26H36N2O/c1-25-15-13-22-20(10-12-23-26(22,2)16-14-24(29)28(23)3)21(25)11-8-18(25)7-9-19-6-4-5-17-27-19/h4-7,9,17-18,20-23H,8,10-16H2,1-3H3/b9-7+/t18-,20-,21-,22-,23?,25+,26+/m0/s1. The summed E-state index contributed by atoms with van der Waals surface area (Å²) in [6.07, 6.45) is 16.4. The molecule has 1 aromatic rings. The lowest BCUT2D eigenvalue weighted by atomic mass is 9.47. The molecular weight excluding hydrogens is 356 g/mol. The van der Waals surface area contributed by atoms with Crippen molar-refractivity contribution in [3.8, 4) is 0 Å². The second-order valence-corrected chi connectivity index (χ2v) is 10.8. The molecule has 1 amide bonds. The zero-order valence-electron chi connectivity index (χ0n) is 18.3. The molecule has 4 aliphatic rings. The molecule has 5 rings (SSSR count). The van der Waals surface area contributed by atoms with Gasteiger partial charge in [0.1, 0.15) is 0 Å². The van der Waals surface area contributed by atoms with Gasteiger partial charge in [0.2, 0.25) is 5.91 Å². The van der Waals surface area contributed by atoms with Crippen LogP contribution < -0.4 is 0 Å². The van der Waals surface area contributed by atoms with Crippen LogP contribution in [-0.4, -0.2) is 28.9 Å². The number of piperidine rings is 1. The smallest absolute Gasteiger partial charge is 0.222 e. The number of likely N-dealkylation sites (tertiary alicyclic amines) is 1. The third-order valence-electron chi connectivity index (χ3n) is 9.82. The van der Waals surface area contributed by atoms with E-state index in [1.165, 1.54) is 38.5 Å². The second kappa shape index (κ2) is 6.96. The van der Waals surface area contributed by atoms with Crippen molar-refractivity contribution in [1.82, 2.24) is 9.88 Å². The first-order valence-electron chi connectivity index (χ1n) is 11.8. The van der Waals surface area contributed by atoms with Gasteiger partial charge in [-0.15, -0.1) is 0 Å². The SMILES string of the molecule is CN1C(=O)CC[C@@]2(C)C1CC[C@H]1[C@@H]3CC[C@H](/C=C/c4ccccn4)[C@@]3(C)CC[C@@H]12. The highest BCUT2D eigenvalue weighted by molar-refractivity contribution is 5.77. The summed E-state index contributed by atoms with van der Waals surface area (Å²) < 4.78 is 0. The maximum atomic E-state index is 12.3. The summed E-state index contributed by atoms with van der Waals surface area (Å²) in [7, 11) is 2.06. The summed E-state index contributed by atoms with van der Waals surface area (Å²) in [5.41, 5.74) is 1.84. The maximum absolute atomic E-state index is 12.3. The largest absolute Gasteiger partial charge is 0.342 e. The Morgan fingerprint density at radius 1 is 1.03 bits per heavy atom. The van der Waals surface area contributed by atoms with E-state index in [4.69, 9.17) is 0 Å². The van der Waals surface area contributed by atoms with Gasteiger partial charge in [-0.25, -0.2) is 0 Å². The number of pyridine rings is 1. The number of aromatic nitrogens is 1. The van der Waals surface area contributed by atoms with Crippen molar-refractivity contribution in [2.45, 2.75) is 71.3 Å². The molecule has 2 heterocycles. The van der Waals surface area contributed by atoms with Crippen LogP contribution in [-0.2, 0) is 4.79 Å². The highest BCUT2D eigenvalue weighted by Crippen LogP contribution is 2.66. The van der Waals surface area contributed by atoms with E-state index >= 15 is 0 Å². The average molecular weight is 393 g/mol. The number of carbonyl (C=O) groups is 1. The van der Waals surface area contributed by atoms with E-state index in [9.17, 15) is 4.79 Å². The quantitative estimate of drug-likeness (QED) is 0.659. The summed E-state index contributed by atoms with van der Waals surface area (Å²) in [4.78, 5) is 18.9. The van der Waals surface area contributed by atoms with Crippen molar-refractivity contribution < 1.29 is 4.79 Å². The van der Waals surface area contributed by atoms with Crippen LogP contribution in [0.1, 0.15) is 70.9 Å². The molecule has 3 saturated carbocycles. The van der Waals surface area contributed by atoms with E-state index in [0.29, 0.717) is 28.7 Å². The Labute approximate surface area is 176 Å². The molecule has 7 atom stereocenters. The molecule has 0 N–H and O–H groups in total. The van der Waals surface area contributed by atoms with E-state index in [2.05, 4.69) is 55.1 Å². The summed E-state index contributed by atoms with van der Waals surface area (Å²) in [6, 6.07) is 6.63. The van der Waals surface area contributed by atoms with Gasteiger partial charge in [-0.3, -0.25) is 9.78 Å². The molecule has 3 nitrogen and oxygen atoms in total. The number of rotatable bonds is 2. The van der Waals surface area contributed by atoms with Crippen LogP contribution in [0.4, 0.5) is 0 Å². The van der Waals surface area contributed by atoms with E-state index in [0.717, 1.165) is 36.3 Å². The molecule has 0 radical (unpaired) electrons. The topological polar surface area (TPSA) is 33.2 Å². The van der Waals surface area contributed by atoms with Gasteiger partial charge in [-0.1, -0.05) is 26.0 Å². The van der Waals surface area contributed by atoms with Gasteiger partial charge in [0.05, 0.1) is 5.69 Å². The average Bonchev–Trinajstić information content (AvgIpc) is 3.07. The minimum absolute atomic E-state index is 0.328. The highest BCUT2D eigenvalue weighted by Gasteiger charge is 2.60. The lowest BCUT2D eigenvalue weighted by Gasteiger charge is -2.61. The molecule has 1 aromatic heterocycles. The van der Waals surface area contributed by atoms with Gasteiger partial charge in [-0.2, -0.15) is 0 Å². The fourth-order valence-corrected chi connectivity index (χ4v) is 8.20. The molecule has 0 aromatic carbocycles. The highest BCUT2D eigenvalue weighted by atomic mass is 16.2. The zero-order chi connectivity index (χ0) is 20.2. The van der Waals surface area contributed by atoms with Crippen LogP contribution in [0, 0.1) is 34.5 Å². The molecule has 0 bridgehead atoms. The zero-order valence-corrected chi connectivity index (χ0v) is 18.3. The van der Waals surface area contributed by atoms with E-state index in [1.54, 1.807) is 0 Å². The van der Waals surface area contributed by atoms with Gasteiger partial charge < -0.3 is 4.90 Å². The van der Waals surface area contributed by atoms with Crippen LogP contribution in [0.5, 0.6) is 0 Å². The van der Waals surface area contributed by atoms with Gasteiger partial charge in [-0.05, 0) is 97.7 Å². The van der Waals surface area contributed by atoms with Crippen molar-refractivity contribution in [1.29, 1.82) is 0 Å². The Hall–Kier alpha value is -1.64. The predicted octanol–water partition coefficient (Wildman–Crippen LogP) is 5.57. The molecule has 1 saturated heterocycles. The first kappa shape index (κ1) is 19.3. The molecule has 3 heteroatoms. The molecular formula is C26H36N2O. The van der Waals surface area contributed by atoms with E-state index in [-0.39, 0.29) is 0 Å². The third kappa shape index (κ3) is 2.91. The fraction of sp³-hybridized carbons (Fsp3) is 0.692. The number of hydrogen-bond acceptors (Lipinski definition) is 2. The number of nitrogens with zero attached hydrogens (tertiary/aromatic N) is 2. The molecule has 1 unspecified atom stereocenters. The molecule has 4 fully saturated rings. The number of allylic oxidation sites excluding steroid dienone is 1. The van der Waals surface area contributed by atoms with Gasteiger partial charge in [0.15, 0.2) is 0 Å². The summed E-state index contributed by atoms with van der Waals surface area (Å²) in [6.45, 7) is 5.10. The van der Waals surface area contributed by atoms with Crippen LogP contribution in [0.25, 0.3) is 6.08 Å². The van der Waals surface area contributed by atoms with Crippen molar-refractivity contribution in [2.24, 2.45) is 34.5 Å². The van der Waals surface area contributed by atoms with Crippen molar-refractivity contribution in [3.63, 3.8) is 0 Å². The monoisotopic (exact) mass is 392 g/mol. The Bertz CT molecular complexity index is 804. The van der Waals surface area contributed by atoms with Crippen molar-refractivity contribution in [3.05, 3.63) is 36.2 Å². The number of amides is 1. The van der Waals surface area contributed by atoms with E-state index < -0.39 is 0 Å². The molecule has 3 aliphatic carbocycles. The van der Waals surface area contributed by atoms with Crippen LogP contribution in [0.15, 0.2) is 30.5 Å². The maximum Gasteiger partial charge on any atom is 0.222 e. The minimum Gasteiger partial charge on any atom is -0.342 e. The van der Waals surface area contributed by atoms with Crippen LogP contribution in [0.2, 0.25) is 0 Å². The Morgan fingerprint density at radius 3 is 2.66 bits per heavy atom. The predicted molar refractivity (Wildman–Crippen MR) is 117 cm³/mol. The van der Waals surface area contributed by atoms with Crippen molar-refractivity contribution >= 4 is 12.0 Å². The lowest BCUT2D eigenvalue weighted by molar-refractivity contribution is -0.157. The number of fused-ring (bicyclic) bond motifs is 5. The Morgan fingerprint density at radius 2 is 1.86 bits per heavy atom. The third-order valence-corrected chi connectivity index (χ3v) is 9.82. The van der Waals surface area contributed by atoms with Crippen LogP contribution >= 0.6 is 0 Å². The lowest BCUT2D eigenvalue weighted by Crippen LogP contribution is -2.61. The molecule has 156 valence electrons. The summed E-state index contributed by atoms with van der Waals surface area (Å²) in [5, 5.41) is 0. The first-order valence-corrected chi connectivity index (χ1v) is 11.8. The minimum atomic E-state index is 0.328. The first-order chi connectivity index (χ1) is 13.9. The van der Waals surface area contributed by atoms with E-state index in [1.807, 2.05) is 12.3 Å². The molecule has 1 aliphatic heterocycles. The number of carbonyl (C=O) groups excluding carboxylic acids is 1. The van der Waals surface area contributed by atoms with Gasteiger partial charge in [0, 0.05) is 25.7 Å². The van der Waals surface area contributed by atoms with Crippen LogP contribution in [0.3, 0.4) is 0 Å². The Balaban J connectivity index is 1.38. The summed E-state index contributed by atoms with van der Waals surface area (Å²) >= 11 is 0. The Kier molecular flexibility index (Phi) is 4.64. The normalized spacial score (nSPS) is 44.4. The molecule has 0 spiro atoms. The second-order valence-electron chi connectivity index (χ2n) is 10.8.